The predicted molar refractivity (Wildman–Crippen MR) is 39.5 cm³/mol. The Bertz CT molecular complexity index is 253. The molecule has 0 heterocycles. The number of rotatable bonds is 2. The van der Waals surface area contributed by atoms with Crippen LogP contribution in [0.5, 0.6) is 0 Å². The SMILES string of the molecule is C=NNc1c(F)cccc1F. The summed E-state index contributed by atoms with van der Waals surface area (Å²) in [7, 11) is 0. The van der Waals surface area contributed by atoms with Crippen LogP contribution in [0.1, 0.15) is 0 Å². The summed E-state index contributed by atoms with van der Waals surface area (Å²) in [6, 6.07) is 3.55. The molecule has 0 aromatic heterocycles. The Hall–Kier alpha value is -1.45. The Balaban J connectivity index is 3.09. The molecule has 0 atom stereocenters. The molecular weight excluding hydrogens is 150 g/mol. The smallest absolute Gasteiger partial charge is 0.151 e. The number of halogens is 2. The molecule has 2 nitrogen and oxygen atoms in total. The zero-order chi connectivity index (χ0) is 8.27. The molecule has 1 rings (SSSR count). The average molecular weight is 156 g/mol. The third kappa shape index (κ3) is 1.52. The van der Waals surface area contributed by atoms with Gasteiger partial charge in [-0.05, 0) is 12.1 Å². The fourth-order valence-corrected chi connectivity index (χ4v) is 0.684. The van der Waals surface area contributed by atoms with Gasteiger partial charge < -0.3 is 0 Å². The topological polar surface area (TPSA) is 24.4 Å². The van der Waals surface area contributed by atoms with E-state index >= 15 is 0 Å². The highest BCUT2D eigenvalue weighted by Gasteiger charge is 2.05. The first-order chi connectivity index (χ1) is 5.25. The number of benzene rings is 1. The number of hydrogen-bond acceptors (Lipinski definition) is 2. The lowest BCUT2D eigenvalue weighted by Crippen LogP contribution is -1.94. The molecule has 0 aliphatic heterocycles. The van der Waals surface area contributed by atoms with Crippen LogP contribution in [0.25, 0.3) is 0 Å². The third-order valence-electron chi connectivity index (χ3n) is 1.15. The fraction of sp³-hybridized carbons (Fsp3) is 0. The molecule has 1 aromatic rings. The number of anilines is 1. The van der Waals surface area contributed by atoms with Crippen LogP contribution in [0, 0.1) is 11.6 Å². The predicted octanol–water partition coefficient (Wildman–Crippen LogP) is 1.99. The summed E-state index contributed by atoms with van der Waals surface area (Å²) >= 11 is 0. The number of hydrazone groups is 1. The minimum absolute atomic E-state index is 0.275. The van der Waals surface area contributed by atoms with Crippen LogP contribution in [0.4, 0.5) is 14.5 Å². The number of nitrogens with one attached hydrogen (secondary N) is 1. The summed E-state index contributed by atoms with van der Waals surface area (Å²) in [6.45, 7) is 3.04. The average Bonchev–Trinajstić information content (AvgIpc) is 1.97. The van der Waals surface area contributed by atoms with Gasteiger partial charge >= 0.3 is 0 Å². The molecule has 0 unspecified atom stereocenters. The van der Waals surface area contributed by atoms with Crippen molar-refractivity contribution in [2.75, 3.05) is 5.43 Å². The van der Waals surface area contributed by atoms with E-state index in [4.69, 9.17) is 0 Å². The van der Waals surface area contributed by atoms with E-state index in [2.05, 4.69) is 17.2 Å². The largest absolute Gasteiger partial charge is 0.273 e. The quantitative estimate of drug-likeness (QED) is 0.514. The zero-order valence-electron chi connectivity index (χ0n) is 5.64. The van der Waals surface area contributed by atoms with Crippen molar-refractivity contribution < 1.29 is 8.78 Å². The van der Waals surface area contributed by atoms with Gasteiger partial charge in [-0.3, -0.25) is 5.43 Å². The summed E-state index contributed by atoms with van der Waals surface area (Å²) in [5, 5.41) is 3.15. The lowest BCUT2D eigenvalue weighted by Gasteiger charge is -2.01. The standard InChI is InChI=1S/C7H6F2N2/c1-10-11-7-5(8)3-2-4-6(7)9/h2-4,11H,1H2. The van der Waals surface area contributed by atoms with Crippen molar-refractivity contribution in [3.05, 3.63) is 29.8 Å². The zero-order valence-corrected chi connectivity index (χ0v) is 5.64. The molecule has 4 heteroatoms. The summed E-state index contributed by atoms with van der Waals surface area (Å²) in [5.74, 6) is -1.37. The van der Waals surface area contributed by atoms with E-state index in [1.165, 1.54) is 6.07 Å². The second-order valence-corrected chi connectivity index (χ2v) is 1.87. The third-order valence-corrected chi connectivity index (χ3v) is 1.15. The Labute approximate surface area is 62.5 Å². The molecule has 0 saturated heterocycles. The minimum Gasteiger partial charge on any atom is -0.273 e. The number of hydrogen-bond donors (Lipinski definition) is 1. The van der Waals surface area contributed by atoms with Crippen LogP contribution in [0.15, 0.2) is 23.3 Å². The maximum atomic E-state index is 12.6. The van der Waals surface area contributed by atoms with Crippen molar-refractivity contribution in [1.29, 1.82) is 0 Å². The van der Waals surface area contributed by atoms with Crippen LogP contribution in [-0.4, -0.2) is 6.72 Å². The van der Waals surface area contributed by atoms with Crippen LogP contribution < -0.4 is 5.43 Å². The summed E-state index contributed by atoms with van der Waals surface area (Å²) < 4.78 is 25.3. The second-order valence-electron chi connectivity index (χ2n) is 1.87. The van der Waals surface area contributed by atoms with Gasteiger partial charge in [0.2, 0.25) is 0 Å². The lowest BCUT2D eigenvalue weighted by molar-refractivity contribution is 0.589. The van der Waals surface area contributed by atoms with E-state index in [-0.39, 0.29) is 5.69 Å². The highest BCUT2D eigenvalue weighted by Crippen LogP contribution is 2.17. The van der Waals surface area contributed by atoms with Gasteiger partial charge in [0, 0.05) is 6.72 Å². The molecule has 0 saturated carbocycles. The number of nitrogens with zero attached hydrogens (tertiary/aromatic N) is 1. The van der Waals surface area contributed by atoms with E-state index in [0.717, 1.165) is 12.1 Å². The van der Waals surface area contributed by atoms with Gasteiger partial charge in [0.15, 0.2) is 11.6 Å². The Kier molecular flexibility index (Phi) is 2.15. The van der Waals surface area contributed by atoms with Gasteiger partial charge in [-0.2, -0.15) is 5.10 Å². The highest BCUT2D eigenvalue weighted by molar-refractivity contribution is 5.46. The Morgan fingerprint density at radius 3 is 2.27 bits per heavy atom. The van der Waals surface area contributed by atoms with Crippen molar-refractivity contribution >= 4 is 12.4 Å². The van der Waals surface area contributed by atoms with E-state index in [9.17, 15) is 8.78 Å². The molecule has 0 aliphatic rings. The first-order valence-electron chi connectivity index (χ1n) is 2.91. The van der Waals surface area contributed by atoms with Crippen LogP contribution >= 0.6 is 0 Å². The van der Waals surface area contributed by atoms with Gasteiger partial charge in [-0.25, -0.2) is 8.78 Å². The van der Waals surface area contributed by atoms with Crippen molar-refractivity contribution in [3.63, 3.8) is 0 Å². The molecule has 58 valence electrons. The van der Waals surface area contributed by atoms with E-state index < -0.39 is 11.6 Å². The maximum Gasteiger partial charge on any atom is 0.151 e. The first-order valence-corrected chi connectivity index (χ1v) is 2.91. The van der Waals surface area contributed by atoms with Gasteiger partial charge in [0.1, 0.15) is 5.69 Å². The second kappa shape index (κ2) is 3.09. The first kappa shape index (κ1) is 7.65. The van der Waals surface area contributed by atoms with E-state index in [0.29, 0.717) is 0 Å². The van der Waals surface area contributed by atoms with Crippen LogP contribution in [-0.2, 0) is 0 Å². The lowest BCUT2D eigenvalue weighted by atomic mass is 10.3. The van der Waals surface area contributed by atoms with Crippen molar-refractivity contribution in [2.24, 2.45) is 5.10 Å². The molecule has 1 aromatic carbocycles. The van der Waals surface area contributed by atoms with Crippen LogP contribution in [0.3, 0.4) is 0 Å². The Morgan fingerprint density at radius 1 is 1.27 bits per heavy atom. The molecule has 11 heavy (non-hydrogen) atoms. The number of para-hydroxylation sites is 1. The van der Waals surface area contributed by atoms with Gasteiger partial charge in [0.05, 0.1) is 0 Å². The summed E-state index contributed by atoms with van der Waals surface area (Å²) in [4.78, 5) is 0. The maximum absolute atomic E-state index is 12.6. The monoisotopic (exact) mass is 156 g/mol. The fourth-order valence-electron chi connectivity index (χ4n) is 0.684. The molecule has 1 N–H and O–H groups in total. The van der Waals surface area contributed by atoms with E-state index in [1.54, 1.807) is 0 Å². The van der Waals surface area contributed by atoms with Crippen molar-refractivity contribution in [1.82, 2.24) is 0 Å². The van der Waals surface area contributed by atoms with Gasteiger partial charge in [-0.1, -0.05) is 6.07 Å². The molecule has 0 amide bonds. The molecule has 0 spiro atoms. The molecule has 0 aliphatic carbocycles. The molecule has 0 radical (unpaired) electrons. The van der Waals surface area contributed by atoms with Crippen LogP contribution in [0.2, 0.25) is 0 Å². The normalized spacial score (nSPS) is 9.27. The van der Waals surface area contributed by atoms with E-state index in [1.807, 2.05) is 0 Å². The Morgan fingerprint density at radius 2 is 1.82 bits per heavy atom. The molecule has 0 bridgehead atoms. The van der Waals surface area contributed by atoms with Crippen molar-refractivity contribution in [2.45, 2.75) is 0 Å². The van der Waals surface area contributed by atoms with Gasteiger partial charge in [0.25, 0.3) is 0 Å². The minimum atomic E-state index is -0.683. The summed E-state index contributed by atoms with van der Waals surface area (Å²) in [6.07, 6.45) is 0. The molecule has 0 fully saturated rings. The summed E-state index contributed by atoms with van der Waals surface area (Å²) in [5.41, 5.74) is 1.83. The van der Waals surface area contributed by atoms with Gasteiger partial charge in [-0.15, -0.1) is 0 Å². The molecular formula is C7H6F2N2. The van der Waals surface area contributed by atoms with Crippen molar-refractivity contribution in [3.8, 4) is 0 Å². The highest BCUT2D eigenvalue weighted by atomic mass is 19.1.